The lowest BCUT2D eigenvalue weighted by Crippen LogP contribution is -1.88. The molecule has 42 valence electrons. The Labute approximate surface area is 48.2 Å². The molecule has 8 heavy (non-hydrogen) atoms. The van der Waals surface area contributed by atoms with Gasteiger partial charge in [-0.1, -0.05) is 0 Å². The second-order valence-electron chi connectivity index (χ2n) is 1.92. The van der Waals surface area contributed by atoms with Crippen LogP contribution in [0.25, 0.3) is 5.41 Å². The Balaban J connectivity index is 2.84. The van der Waals surface area contributed by atoms with E-state index in [-0.39, 0.29) is 0 Å². The van der Waals surface area contributed by atoms with E-state index in [4.69, 9.17) is 10.8 Å². The van der Waals surface area contributed by atoms with Gasteiger partial charge in [0.15, 0.2) is 0 Å². The van der Waals surface area contributed by atoms with Crippen LogP contribution in [0.2, 0.25) is 0 Å². The van der Waals surface area contributed by atoms with Crippen molar-refractivity contribution in [2.45, 2.75) is 19.3 Å². The number of rotatable bonds is 0. The zero-order valence-electron chi connectivity index (χ0n) is 4.57. The summed E-state index contributed by atoms with van der Waals surface area (Å²) in [5.74, 6) is 2.01. The Bertz CT molecular complexity index is 163. The minimum absolute atomic E-state index is 0.549. The topological polar surface area (TPSA) is 46.2 Å². The molecule has 1 N–H and O–H groups in total. The first-order chi connectivity index (χ1) is 3.84. The van der Waals surface area contributed by atoms with Gasteiger partial charge in [0, 0.05) is 5.71 Å². The molecule has 0 saturated heterocycles. The lowest BCUT2D eigenvalue weighted by molar-refractivity contribution is 0.950. The summed E-state index contributed by atoms with van der Waals surface area (Å²) in [4.78, 5) is 0. The largest absolute Gasteiger partial charge is 0.763 e. The first-order valence-corrected chi connectivity index (χ1v) is 2.68. The Hall–Kier alpha value is -0.880. The lowest BCUT2D eigenvalue weighted by atomic mass is 10.2. The van der Waals surface area contributed by atoms with Crippen molar-refractivity contribution in [1.82, 2.24) is 0 Å². The van der Waals surface area contributed by atoms with Crippen LogP contribution in [0.5, 0.6) is 0 Å². The summed E-state index contributed by atoms with van der Waals surface area (Å²) in [6, 6.07) is 0. The van der Waals surface area contributed by atoms with Crippen LogP contribution in [-0.2, 0) is 0 Å². The van der Waals surface area contributed by atoms with Crippen molar-refractivity contribution in [1.29, 1.82) is 5.41 Å². The average Bonchev–Trinajstić information content (AvgIpc) is 2.14. The smallest absolute Gasteiger partial charge is 0.0404 e. The Morgan fingerprint density at radius 2 is 2.25 bits per heavy atom. The van der Waals surface area contributed by atoms with Crippen LogP contribution in [0.4, 0.5) is 0 Å². The minimum Gasteiger partial charge on any atom is -0.763 e. The fraction of sp³-hybridized carbons (Fsp3) is 0.500. The summed E-state index contributed by atoms with van der Waals surface area (Å²) < 4.78 is 0. The summed E-state index contributed by atoms with van der Waals surface area (Å²) in [5, 5.41) is 15.5. The van der Waals surface area contributed by atoms with Crippen molar-refractivity contribution < 1.29 is 0 Å². The number of nitrogens with zero attached hydrogens (tertiary/aromatic N) is 1. The van der Waals surface area contributed by atoms with Crippen LogP contribution >= 0.6 is 0 Å². The van der Waals surface area contributed by atoms with E-state index in [0.29, 0.717) is 11.3 Å². The molecule has 1 aliphatic rings. The minimum atomic E-state index is 0.549. The molecule has 0 amide bonds. The molecule has 0 aromatic carbocycles. The summed E-state index contributed by atoms with van der Waals surface area (Å²) >= 11 is 0. The fourth-order valence-corrected chi connectivity index (χ4v) is 0.867. The van der Waals surface area contributed by atoms with Gasteiger partial charge >= 0.3 is 0 Å². The summed E-state index contributed by atoms with van der Waals surface area (Å²) in [7, 11) is 0. The van der Waals surface area contributed by atoms with Gasteiger partial charge in [0.25, 0.3) is 0 Å². The van der Waals surface area contributed by atoms with Gasteiger partial charge in [0.2, 0.25) is 0 Å². The third kappa shape index (κ3) is 0.703. The maximum Gasteiger partial charge on any atom is 0.0404 e. The van der Waals surface area contributed by atoms with Gasteiger partial charge in [-0.2, -0.15) is 0 Å². The maximum atomic E-state index is 8.31. The monoisotopic (exact) mass is 107 g/mol. The molecule has 0 radical (unpaired) electrons. The Kier molecular flexibility index (Phi) is 1.27. The van der Waals surface area contributed by atoms with Crippen molar-refractivity contribution >= 4 is 11.6 Å². The predicted octanol–water partition coefficient (Wildman–Crippen LogP) is 1.36. The molecule has 2 heteroatoms. The highest BCUT2D eigenvalue weighted by Gasteiger charge is 2.09. The summed E-state index contributed by atoms with van der Waals surface area (Å²) in [6.45, 7) is 0. The van der Waals surface area contributed by atoms with Gasteiger partial charge in [0.1, 0.15) is 0 Å². The zero-order valence-corrected chi connectivity index (χ0v) is 4.57. The van der Waals surface area contributed by atoms with Gasteiger partial charge in [-0.3, -0.25) is 5.87 Å². The van der Waals surface area contributed by atoms with Crippen molar-refractivity contribution in [2.75, 3.05) is 0 Å². The van der Waals surface area contributed by atoms with Crippen LogP contribution in [0, 0.1) is 5.41 Å². The van der Waals surface area contributed by atoms with E-state index in [0.717, 1.165) is 19.3 Å². The Morgan fingerprint density at radius 3 is 2.50 bits per heavy atom. The van der Waals surface area contributed by atoms with Crippen LogP contribution in [0.3, 0.4) is 0 Å². The van der Waals surface area contributed by atoms with Crippen molar-refractivity contribution in [2.24, 2.45) is 0 Å². The molecule has 2 nitrogen and oxygen atoms in total. The molecule has 0 heterocycles. The first-order valence-electron chi connectivity index (χ1n) is 2.68. The van der Waals surface area contributed by atoms with Crippen LogP contribution < -0.4 is 0 Å². The Morgan fingerprint density at radius 1 is 1.50 bits per heavy atom. The molecule has 1 aliphatic carbocycles. The highest BCUT2D eigenvalue weighted by molar-refractivity contribution is 6.06. The molecular weight excluding hydrogens is 100 g/mol. The second kappa shape index (κ2) is 1.93. The highest BCUT2D eigenvalue weighted by atomic mass is 14.5. The molecule has 1 rings (SSSR count). The lowest BCUT2D eigenvalue weighted by Gasteiger charge is -1.89. The van der Waals surface area contributed by atoms with Gasteiger partial charge in [-0.25, -0.2) is 0 Å². The van der Waals surface area contributed by atoms with E-state index in [9.17, 15) is 0 Å². The van der Waals surface area contributed by atoms with E-state index in [1.54, 1.807) is 0 Å². The van der Waals surface area contributed by atoms with Crippen molar-refractivity contribution in [3.63, 3.8) is 0 Å². The molecule has 1 saturated carbocycles. The van der Waals surface area contributed by atoms with Crippen LogP contribution in [0.15, 0.2) is 5.57 Å². The van der Waals surface area contributed by atoms with E-state index >= 15 is 0 Å². The first kappa shape index (κ1) is 5.26. The van der Waals surface area contributed by atoms with Gasteiger partial charge in [0.05, 0.1) is 0 Å². The van der Waals surface area contributed by atoms with Gasteiger partial charge in [-0.15, -0.1) is 0 Å². The number of hydrogen-bond donors (Lipinski definition) is 1. The van der Waals surface area contributed by atoms with Crippen molar-refractivity contribution in [3.05, 3.63) is 11.0 Å². The SMILES string of the molecule is [N-]=C=C1CCCC1=N. The summed E-state index contributed by atoms with van der Waals surface area (Å²) in [6.07, 6.45) is 2.64. The van der Waals surface area contributed by atoms with Gasteiger partial charge in [-0.05, 0) is 24.8 Å². The standard InChI is InChI=1S/C6H7N2/c7-4-5-2-1-3-6(5)8/h8H,1-3H2/q-1. The van der Waals surface area contributed by atoms with E-state index < -0.39 is 0 Å². The molecule has 0 aliphatic heterocycles. The predicted molar refractivity (Wildman–Crippen MR) is 33.5 cm³/mol. The van der Waals surface area contributed by atoms with E-state index in [1.807, 2.05) is 5.87 Å². The molecule has 0 atom stereocenters. The second-order valence-corrected chi connectivity index (χ2v) is 1.92. The van der Waals surface area contributed by atoms with E-state index in [1.165, 1.54) is 0 Å². The highest BCUT2D eigenvalue weighted by Crippen LogP contribution is 2.17. The third-order valence-corrected chi connectivity index (χ3v) is 1.35. The maximum absolute atomic E-state index is 8.31. The number of allylic oxidation sites excluding steroid dienone is 1. The van der Waals surface area contributed by atoms with Crippen LogP contribution in [0.1, 0.15) is 19.3 Å². The number of nitrogens with one attached hydrogen (secondary N) is 1. The molecule has 0 aromatic rings. The third-order valence-electron chi connectivity index (χ3n) is 1.35. The zero-order chi connectivity index (χ0) is 5.98. The van der Waals surface area contributed by atoms with E-state index in [2.05, 4.69) is 0 Å². The summed E-state index contributed by atoms with van der Waals surface area (Å²) in [5.41, 5.74) is 1.23. The molecule has 0 bridgehead atoms. The molecule has 0 spiro atoms. The molecule has 1 fully saturated rings. The quantitative estimate of drug-likeness (QED) is 0.454. The van der Waals surface area contributed by atoms with Crippen molar-refractivity contribution in [3.8, 4) is 0 Å². The number of hydrogen-bond acceptors (Lipinski definition) is 1. The average molecular weight is 107 g/mol. The molecular formula is C6H7N2-. The molecule has 0 unspecified atom stereocenters. The fourth-order valence-electron chi connectivity index (χ4n) is 0.867. The van der Waals surface area contributed by atoms with Gasteiger partial charge < -0.3 is 10.8 Å². The van der Waals surface area contributed by atoms with Crippen LogP contribution in [-0.4, -0.2) is 11.6 Å². The normalized spacial score (nSPS) is 19.0. The molecule has 0 aromatic heterocycles.